The second-order valence-electron chi connectivity index (χ2n) is 6.90. The predicted molar refractivity (Wildman–Crippen MR) is 101 cm³/mol. The number of hydrogen-bond acceptors (Lipinski definition) is 1. The van der Waals surface area contributed by atoms with Gasteiger partial charge in [0, 0.05) is 10.6 Å². The smallest absolute Gasteiger partial charge is 0.0541 e. The van der Waals surface area contributed by atoms with Crippen LogP contribution in [0, 0.1) is 0 Å². The van der Waals surface area contributed by atoms with E-state index in [9.17, 15) is 4.21 Å². The number of rotatable bonds is 6. The first kappa shape index (κ1) is 17.9. The van der Waals surface area contributed by atoms with Crippen LogP contribution in [0.2, 0.25) is 0 Å². The molecule has 0 aliphatic carbocycles. The third-order valence-corrected chi connectivity index (χ3v) is 6.05. The van der Waals surface area contributed by atoms with Crippen LogP contribution in [0.4, 0.5) is 0 Å². The molecule has 2 heteroatoms. The molecule has 0 bridgehead atoms. The zero-order valence-corrected chi connectivity index (χ0v) is 15.7. The van der Waals surface area contributed by atoms with Crippen LogP contribution in [0.1, 0.15) is 69.1 Å². The molecule has 124 valence electrons. The first-order valence-electron chi connectivity index (χ1n) is 8.48. The summed E-state index contributed by atoms with van der Waals surface area (Å²) < 4.78 is 13.2. The molecule has 0 radical (unpaired) electrons. The summed E-state index contributed by atoms with van der Waals surface area (Å²) >= 11 is 0. The molecule has 0 fully saturated rings. The molecule has 0 amide bonds. The molecule has 0 saturated heterocycles. The van der Waals surface area contributed by atoms with Gasteiger partial charge in [-0.25, -0.2) is 0 Å². The Kier molecular flexibility index (Phi) is 6.17. The topological polar surface area (TPSA) is 17.1 Å². The van der Waals surface area contributed by atoms with Crippen LogP contribution in [0.15, 0.2) is 53.4 Å². The minimum absolute atomic E-state index is 0.289. The molecule has 0 spiro atoms. The Morgan fingerprint density at radius 3 is 1.78 bits per heavy atom. The van der Waals surface area contributed by atoms with E-state index in [1.54, 1.807) is 0 Å². The largest absolute Gasteiger partial charge is 0.254 e. The van der Waals surface area contributed by atoms with Gasteiger partial charge in [-0.3, -0.25) is 4.21 Å². The fraction of sp³-hybridized carbons (Fsp3) is 0.429. The molecule has 2 atom stereocenters. The van der Waals surface area contributed by atoms with Crippen molar-refractivity contribution in [3.8, 4) is 0 Å². The summed E-state index contributed by atoms with van der Waals surface area (Å²) in [6, 6.07) is 16.8. The standard InChI is InChI=1S/C21H28OS/c1-15(2)19-12-9-13-20(16(3)4)21(19)23(22)14-17(5)18-10-7-6-8-11-18/h6-13,15-17H,14H2,1-5H3/t17-,23?/m0/s1. The molecule has 1 nitrogen and oxygen atoms in total. The molecule has 23 heavy (non-hydrogen) atoms. The van der Waals surface area contributed by atoms with Crippen LogP contribution in [0.5, 0.6) is 0 Å². The second-order valence-corrected chi connectivity index (χ2v) is 8.33. The van der Waals surface area contributed by atoms with Crippen molar-refractivity contribution in [2.45, 2.75) is 57.3 Å². The lowest BCUT2D eigenvalue weighted by atomic mass is 9.95. The molecule has 0 aliphatic heterocycles. The van der Waals surface area contributed by atoms with E-state index >= 15 is 0 Å². The average Bonchev–Trinajstić information content (AvgIpc) is 2.54. The van der Waals surface area contributed by atoms with Crippen LogP contribution >= 0.6 is 0 Å². The van der Waals surface area contributed by atoms with Crippen molar-refractivity contribution in [1.82, 2.24) is 0 Å². The lowest BCUT2D eigenvalue weighted by Crippen LogP contribution is -2.12. The van der Waals surface area contributed by atoms with Gasteiger partial charge in [0.2, 0.25) is 0 Å². The van der Waals surface area contributed by atoms with Gasteiger partial charge in [-0.2, -0.15) is 0 Å². The van der Waals surface area contributed by atoms with Gasteiger partial charge in [0.25, 0.3) is 0 Å². The van der Waals surface area contributed by atoms with Crippen LogP contribution in [-0.4, -0.2) is 9.96 Å². The minimum atomic E-state index is -0.978. The van der Waals surface area contributed by atoms with Crippen molar-refractivity contribution in [2.24, 2.45) is 0 Å². The lowest BCUT2D eigenvalue weighted by molar-refractivity contribution is 0.671. The second kappa shape index (κ2) is 7.92. The van der Waals surface area contributed by atoms with E-state index in [1.165, 1.54) is 16.7 Å². The SMILES string of the molecule is CC(C)c1cccc(C(C)C)c1S(=O)C[C@H](C)c1ccccc1. The first-order valence-corrected chi connectivity index (χ1v) is 9.79. The Bertz CT molecular complexity index is 633. The van der Waals surface area contributed by atoms with Gasteiger partial charge in [0.05, 0.1) is 10.8 Å². The zero-order valence-electron chi connectivity index (χ0n) is 14.9. The van der Waals surface area contributed by atoms with Crippen LogP contribution in [0.25, 0.3) is 0 Å². The third kappa shape index (κ3) is 4.32. The maximum absolute atomic E-state index is 13.2. The molecule has 1 unspecified atom stereocenters. The Hall–Kier alpha value is -1.41. The number of benzene rings is 2. The van der Waals surface area contributed by atoms with E-state index in [0.717, 1.165) is 4.90 Å². The van der Waals surface area contributed by atoms with E-state index < -0.39 is 10.8 Å². The summed E-state index contributed by atoms with van der Waals surface area (Å²) in [7, 11) is -0.978. The van der Waals surface area contributed by atoms with Gasteiger partial charge in [0.15, 0.2) is 0 Å². The normalized spacial score (nSPS) is 14.2. The molecular weight excluding hydrogens is 300 g/mol. The average molecular weight is 329 g/mol. The zero-order chi connectivity index (χ0) is 17.0. The highest BCUT2D eigenvalue weighted by Crippen LogP contribution is 2.32. The Balaban J connectivity index is 2.35. The third-order valence-electron chi connectivity index (χ3n) is 4.32. The van der Waals surface area contributed by atoms with Crippen molar-refractivity contribution >= 4 is 10.8 Å². The predicted octanol–water partition coefficient (Wildman–Crippen LogP) is 5.84. The van der Waals surface area contributed by atoms with Crippen LogP contribution in [-0.2, 0) is 10.8 Å². The molecule has 0 N–H and O–H groups in total. The molecule has 0 aliphatic rings. The molecule has 2 aromatic carbocycles. The van der Waals surface area contributed by atoms with Crippen molar-refractivity contribution < 1.29 is 4.21 Å². The summed E-state index contributed by atoms with van der Waals surface area (Å²) in [6.07, 6.45) is 0. The fourth-order valence-corrected chi connectivity index (χ4v) is 4.88. The molecular formula is C21H28OS. The molecule has 0 aromatic heterocycles. The first-order chi connectivity index (χ1) is 10.9. The van der Waals surface area contributed by atoms with E-state index in [-0.39, 0.29) is 5.92 Å². The summed E-state index contributed by atoms with van der Waals surface area (Å²) in [5.74, 6) is 1.74. The van der Waals surface area contributed by atoms with E-state index in [1.807, 2.05) is 6.07 Å². The number of hydrogen-bond donors (Lipinski definition) is 0. The Labute approximate surface area is 143 Å². The van der Waals surface area contributed by atoms with Crippen LogP contribution in [0.3, 0.4) is 0 Å². The van der Waals surface area contributed by atoms with Crippen LogP contribution < -0.4 is 0 Å². The summed E-state index contributed by atoms with van der Waals surface area (Å²) in [5, 5.41) is 0. The van der Waals surface area contributed by atoms with Gasteiger partial charge in [-0.05, 0) is 34.4 Å². The maximum atomic E-state index is 13.2. The maximum Gasteiger partial charge on any atom is 0.0541 e. The van der Waals surface area contributed by atoms with Gasteiger partial charge >= 0.3 is 0 Å². The van der Waals surface area contributed by atoms with Gasteiger partial charge in [-0.1, -0.05) is 83.1 Å². The summed E-state index contributed by atoms with van der Waals surface area (Å²) in [4.78, 5) is 1.07. The van der Waals surface area contributed by atoms with Crippen molar-refractivity contribution in [3.63, 3.8) is 0 Å². The molecule has 0 saturated carbocycles. The molecule has 2 rings (SSSR count). The Morgan fingerprint density at radius 1 is 0.783 bits per heavy atom. The van der Waals surface area contributed by atoms with Crippen molar-refractivity contribution in [3.05, 3.63) is 65.2 Å². The lowest BCUT2D eigenvalue weighted by Gasteiger charge is -2.20. The van der Waals surface area contributed by atoms with Crippen molar-refractivity contribution in [1.29, 1.82) is 0 Å². The van der Waals surface area contributed by atoms with Gasteiger partial charge in [0.1, 0.15) is 0 Å². The highest BCUT2D eigenvalue weighted by molar-refractivity contribution is 7.85. The highest BCUT2D eigenvalue weighted by atomic mass is 32.2. The summed E-state index contributed by atoms with van der Waals surface area (Å²) in [6.45, 7) is 10.9. The quantitative estimate of drug-likeness (QED) is 0.650. The van der Waals surface area contributed by atoms with E-state index in [2.05, 4.69) is 77.1 Å². The highest BCUT2D eigenvalue weighted by Gasteiger charge is 2.20. The minimum Gasteiger partial charge on any atom is -0.254 e. The van der Waals surface area contributed by atoms with Gasteiger partial charge < -0.3 is 0 Å². The molecule has 0 heterocycles. The van der Waals surface area contributed by atoms with E-state index in [0.29, 0.717) is 17.6 Å². The Morgan fingerprint density at radius 2 is 1.30 bits per heavy atom. The summed E-state index contributed by atoms with van der Waals surface area (Å²) in [5.41, 5.74) is 3.72. The fourth-order valence-electron chi connectivity index (χ4n) is 2.93. The van der Waals surface area contributed by atoms with E-state index in [4.69, 9.17) is 0 Å². The molecule has 2 aromatic rings. The monoisotopic (exact) mass is 328 g/mol. The van der Waals surface area contributed by atoms with Crippen molar-refractivity contribution in [2.75, 3.05) is 5.75 Å². The van der Waals surface area contributed by atoms with Gasteiger partial charge in [-0.15, -0.1) is 0 Å².